The summed E-state index contributed by atoms with van der Waals surface area (Å²) in [5, 5.41) is 2.82. The number of hydrogen-bond donors (Lipinski definition) is 1. The van der Waals surface area contributed by atoms with Crippen molar-refractivity contribution < 1.29 is 28.5 Å². The van der Waals surface area contributed by atoms with Crippen molar-refractivity contribution in [2.45, 2.75) is 19.9 Å². The first kappa shape index (κ1) is 23.6. The smallest absolute Gasteiger partial charge is 0.321 e. The third-order valence-corrected chi connectivity index (χ3v) is 5.78. The van der Waals surface area contributed by atoms with E-state index in [2.05, 4.69) is 17.1 Å². The second kappa shape index (κ2) is 10.5. The number of rotatable bonds is 7. The number of ether oxygens (including phenoxy) is 4. The lowest BCUT2D eigenvalue weighted by Gasteiger charge is -2.38. The third kappa shape index (κ3) is 4.74. The van der Waals surface area contributed by atoms with Crippen LogP contribution in [0.25, 0.3) is 0 Å². The van der Waals surface area contributed by atoms with E-state index in [0.29, 0.717) is 28.8 Å². The Hall–Kier alpha value is -3.01. The molecular weight excluding hydrogens is 416 g/mol. The molecule has 32 heavy (non-hydrogen) atoms. The number of nitrogens with one attached hydrogen (secondary N) is 1. The van der Waals surface area contributed by atoms with Crippen LogP contribution in [-0.2, 0) is 14.3 Å². The van der Waals surface area contributed by atoms with Crippen molar-refractivity contribution >= 4 is 17.8 Å². The zero-order chi connectivity index (χ0) is 23.3. The van der Waals surface area contributed by atoms with Crippen LogP contribution in [0.3, 0.4) is 0 Å². The van der Waals surface area contributed by atoms with E-state index < -0.39 is 23.8 Å². The van der Waals surface area contributed by atoms with E-state index in [0.717, 1.165) is 32.7 Å². The summed E-state index contributed by atoms with van der Waals surface area (Å²) in [6.07, 6.45) is 0. The molecule has 0 bridgehead atoms. The molecule has 0 saturated carbocycles. The minimum absolute atomic E-state index is 0.167. The first-order valence-electron chi connectivity index (χ1n) is 10.8. The third-order valence-electron chi connectivity index (χ3n) is 5.78. The fourth-order valence-electron chi connectivity index (χ4n) is 4.01. The molecular formula is C22H32N4O6. The van der Waals surface area contributed by atoms with Gasteiger partial charge in [-0.3, -0.25) is 14.9 Å². The highest BCUT2D eigenvalue weighted by Crippen LogP contribution is 2.42. The van der Waals surface area contributed by atoms with Crippen LogP contribution in [0.15, 0.2) is 17.1 Å². The molecule has 0 aliphatic carbocycles. The van der Waals surface area contributed by atoms with Gasteiger partial charge in [0.25, 0.3) is 0 Å². The first-order chi connectivity index (χ1) is 15.5. The quantitative estimate of drug-likeness (QED) is 0.488. The van der Waals surface area contributed by atoms with Crippen LogP contribution >= 0.6 is 0 Å². The van der Waals surface area contributed by atoms with Crippen LogP contribution in [0.1, 0.15) is 25.5 Å². The molecule has 3 rings (SSSR count). The molecule has 0 aromatic heterocycles. The highest BCUT2D eigenvalue weighted by atomic mass is 16.5. The van der Waals surface area contributed by atoms with Gasteiger partial charge in [-0.15, -0.1) is 0 Å². The van der Waals surface area contributed by atoms with E-state index in [9.17, 15) is 9.59 Å². The Morgan fingerprint density at radius 3 is 2.19 bits per heavy atom. The molecule has 2 heterocycles. The molecule has 2 atom stereocenters. The van der Waals surface area contributed by atoms with Gasteiger partial charge in [0.05, 0.1) is 27.9 Å². The minimum Gasteiger partial charge on any atom is -0.493 e. The summed E-state index contributed by atoms with van der Waals surface area (Å²) in [4.78, 5) is 35.0. The lowest BCUT2D eigenvalue weighted by atomic mass is 9.90. The number of carbonyl (C=O) groups excluding carboxylic acids is 2. The molecule has 10 heteroatoms. The molecule has 1 N–H and O–H groups in total. The van der Waals surface area contributed by atoms with Crippen molar-refractivity contribution in [2.24, 2.45) is 10.9 Å². The Balaban J connectivity index is 2.04. The van der Waals surface area contributed by atoms with Crippen molar-refractivity contribution in [1.29, 1.82) is 0 Å². The predicted octanol–water partition coefficient (Wildman–Crippen LogP) is 1.06. The summed E-state index contributed by atoms with van der Waals surface area (Å²) >= 11 is 0. The van der Waals surface area contributed by atoms with E-state index >= 15 is 0 Å². The maximum Gasteiger partial charge on any atom is 0.321 e. The number of methoxy groups -OCH3 is 3. The number of esters is 1. The summed E-state index contributed by atoms with van der Waals surface area (Å²) in [5.41, 5.74) is 0.595. The van der Waals surface area contributed by atoms with Gasteiger partial charge >= 0.3 is 5.97 Å². The Bertz CT molecular complexity index is 841. The van der Waals surface area contributed by atoms with E-state index in [4.69, 9.17) is 23.9 Å². The Morgan fingerprint density at radius 2 is 1.69 bits per heavy atom. The Morgan fingerprint density at radius 1 is 1.06 bits per heavy atom. The largest absolute Gasteiger partial charge is 0.493 e. The van der Waals surface area contributed by atoms with Crippen molar-refractivity contribution in [1.82, 2.24) is 15.1 Å². The van der Waals surface area contributed by atoms with E-state index in [1.165, 1.54) is 21.3 Å². The monoisotopic (exact) mass is 448 g/mol. The maximum atomic E-state index is 13.1. The Labute approximate surface area is 188 Å². The van der Waals surface area contributed by atoms with Gasteiger partial charge in [-0.05, 0) is 31.2 Å². The lowest BCUT2D eigenvalue weighted by molar-refractivity contribution is -0.153. The number of benzene rings is 1. The molecule has 2 aliphatic rings. The lowest BCUT2D eigenvalue weighted by Crippen LogP contribution is -2.57. The van der Waals surface area contributed by atoms with Crippen molar-refractivity contribution in [3.05, 3.63) is 17.7 Å². The average Bonchev–Trinajstić information content (AvgIpc) is 2.82. The fourth-order valence-corrected chi connectivity index (χ4v) is 4.01. The number of piperazine rings is 1. The Kier molecular flexibility index (Phi) is 7.79. The normalized spacial score (nSPS) is 21.5. The van der Waals surface area contributed by atoms with E-state index in [-0.39, 0.29) is 6.61 Å². The number of amides is 1. The SMILES string of the molecule is CCOC(=O)C1C(=O)NC(N2CCN(CC)CC2)=NC1c1cc(OC)c(OC)c(OC)c1. The average molecular weight is 449 g/mol. The van der Waals surface area contributed by atoms with Crippen LogP contribution in [0.5, 0.6) is 17.2 Å². The van der Waals surface area contributed by atoms with Crippen molar-refractivity contribution in [3.63, 3.8) is 0 Å². The van der Waals surface area contributed by atoms with Crippen LogP contribution < -0.4 is 19.5 Å². The summed E-state index contributed by atoms with van der Waals surface area (Å²) in [6.45, 7) is 8.20. The molecule has 0 radical (unpaired) electrons. The number of nitrogens with zero attached hydrogens (tertiary/aromatic N) is 3. The van der Waals surface area contributed by atoms with Gasteiger partial charge in [0.2, 0.25) is 17.6 Å². The highest BCUT2D eigenvalue weighted by Gasteiger charge is 2.42. The first-order valence-corrected chi connectivity index (χ1v) is 10.8. The number of aliphatic imine (C=N–C) groups is 1. The molecule has 2 aliphatic heterocycles. The maximum absolute atomic E-state index is 13.1. The standard InChI is InChI=1S/C22H32N4O6/c1-6-25-8-10-26(11-9-25)22-23-18(17(20(27)24-22)21(28)32-7-2)14-12-15(29-3)19(31-5)16(13-14)30-4/h12-13,17-18H,6-11H2,1-5H3,(H,23,24,27). The summed E-state index contributed by atoms with van der Waals surface area (Å²) in [5.74, 6) is -0.463. The molecule has 10 nitrogen and oxygen atoms in total. The topological polar surface area (TPSA) is 102 Å². The number of likely N-dealkylation sites (N-methyl/N-ethyl adjacent to an activating group) is 1. The second-order valence-corrected chi connectivity index (χ2v) is 7.50. The highest BCUT2D eigenvalue weighted by molar-refractivity contribution is 6.08. The molecule has 0 spiro atoms. The van der Waals surface area contributed by atoms with E-state index in [1.807, 2.05) is 4.90 Å². The van der Waals surface area contributed by atoms with Gasteiger partial charge in [-0.1, -0.05) is 6.92 Å². The fraction of sp³-hybridized carbons (Fsp3) is 0.591. The second-order valence-electron chi connectivity index (χ2n) is 7.50. The minimum atomic E-state index is -1.13. The molecule has 1 aromatic carbocycles. The zero-order valence-corrected chi connectivity index (χ0v) is 19.3. The van der Waals surface area contributed by atoms with Gasteiger partial charge in [0.1, 0.15) is 6.04 Å². The molecule has 1 fully saturated rings. The molecule has 1 amide bonds. The van der Waals surface area contributed by atoms with Gasteiger partial charge in [-0.25, -0.2) is 4.99 Å². The molecule has 176 valence electrons. The van der Waals surface area contributed by atoms with Gasteiger partial charge < -0.3 is 28.7 Å². The molecule has 1 saturated heterocycles. The van der Waals surface area contributed by atoms with Crippen molar-refractivity contribution in [2.75, 3.05) is 60.7 Å². The van der Waals surface area contributed by atoms with E-state index in [1.54, 1.807) is 19.1 Å². The van der Waals surface area contributed by atoms with Crippen molar-refractivity contribution in [3.8, 4) is 17.2 Å². The van der Waals surface area contributed by atoms with Gasteiger partial charge in [-0.2, -0.15) is 0 Å². The van der Waals surface area contributed by atoms with Gasteiger partial charge in [0.15, 0.2) is 17.4 Å². The summed E-state index contributed by atoms with van der Waals surface area (Å²) in [6, 6.07) is 2.63. The summed E-state index contributed by atoms with van der Waals surface area (Å²) in [7, 11) is 4.54. The van der Waals surface area contributed by atoms with Crippen LogP contribution in [0, 0.1) is 5.92 Å². The molecule has 1 aromatic rings. The molecule has 2 unspecified atom stereocenters. The number of carbonyl (C=O) groups is 2. The number of guanidine groups is 1. The van der Waals surface area contributed by atoms with Crippen LogP contribution in [-0.4, -0.2) is 88.3 Å². The van der Waals surface area contributed by atoms with Crippen LogP contribution in [0.4, 0.5) is 0 Å². The predicted molar refractivity (Wildman–Crippen MR) is 118 cm³/mol. The zero-order valence-electron chi connectivity index (χ0n) is 19.3. The number of hydrogen-bond acceptors (Lipinski definition) is 9. The van der Waals surface area contributed by atoms with Gasteiger partial charge in [0, 0.05) is 26.2 Å². The summed E-state index contributed by atoms with van der Waals surface area (Å²) < 4.78 is 21.5. The van der Waals surface area contributed by atoms with Crippen LogP contribution in [0.2, 0.25) is 0 Å².